The van der Waals surface area contributed by atoms with E-state index in [0.717, 1.165) is 12.0 Å². The predicted molar refractivity (Wildman–Crippen MR) is 134 cm³/mol. The molecule has 0 radical (unpaired) electrons. The Bertz CT molecular complexity index is 1630. The van der Waals surface area contributed by atoms with Gasteiger partial charge in [-0.2, -0.15) is 5.26 Å². The molecule has 12 nitrogen and oxygen atoms in total. The highest BCUT2D eigenvalue weighted by atomic mass is 32.2. The maximum atomic E-state index is 13.0. The number of carbonyl (C=O) groups is 2. The SMILES string of the molecule is COC(=O)c1ncoc1COCC(=O)NCc1ccc(S(=O)(=O)Nc2ccc(C)c3c(C#N)c[nH]c23)cc1. The average Bonchev–Trinajstić information content (AvgIpc) is 3.57. The van der Waals surface area contributed by atoms with Crippen molar-refractivity contribution in [3.05, 3.63) is 77.1 Å². The first-order valence-electron chi connectivity index (χ1n) is 11.2. The number of aromatic nitrogens is 2. The van der Waals surface area contributed by atoms with Crippen molar-refractivity contribution in [2.24, 2.45) is 0 Å². The number of hydrogen-bond donors (Lipinski definition) is 3. The lowest BCUT2D eigenvalue weighted by Crippen LogP contribution is -2.27. The molecule has 13 heteroatoms. The second-order valence-electron chi connectivity index (χ2n) is 8.13. The van der Waals surface area contributed by atoms with Gasteiger partial charge in [0.05, 0.1) is 28.8 Å². The molecule has 0 unspecified atom stereocenters. The van der Waals surface area contributed by atoms with Crippen LogP contribution < -0.4 is 10.0 Å². The zero-order valence-corrected chi connectivity index (χ0v) is 21.2. The van der Waals surface area contributed by atoms with Gasteiger partial charge < -0.3 is 24.2 Å². The molecule has 4 rings (SSSR count). The standard InChI is InChI=1S/C25H23N5O7S/c1-15-3-8-19(23-22(15)17(9-26)11-28-23)30-38(33,34)18-6-4-16(5-7-18)10-27-21(31)13-36-12-20-24(25(32)35-2)29-14-37-20/h3-8,11,14,28,30H,10,12-13H2,1-2H3,(H,27,31). The summed E-state index contributed by atoms with van der Waals surface area (Å²) in [5, 5.41) is 12.6. The zero-order chi connectivity index (χ0) is 27.3. The maximum Gasteiger partial charge on any atom is 0.360 e. The van der Waals surface area contributed by atoms with Crippen LogP contribution in [0.15, 0.2) is 58.3 Å². The van der Waals surface area contributed by atoms with Crippen LogP contribution in [0, 0.1) is 18.3 Å². The molecule has 38 heavy (non-hydrogen) atoms. The smallest absolute Gasteiger partial charge is 0.360 e. The van der Waals surface area contributed by atoms with Gasteiger partial charge in [0.1, 0.15) is 19.3 Å². The summed E-state index contributed by atoms with van der Waals surface area (Å²) in [6, 6.07) is 11.5. The second kappa shape index (κ2) is 11.2. The van der Waals surface area contributed by atoms with E-state index >= 15 is 0 Å². The van der Waals surface area contributed by atoms with Gasteiger partial charge in [-0.15, -0.1) is 0 Å². The highest BCUT2D eigenvalue weighted by Crippen LogP contribution is 2.30. The Morgan fingerprint density at radius 1 is 1.18 bits per heavy atom. The van der Waals surface area contributed by atoms with Gasteiger partial charge in [-0.1, -0.05) is 18.2 Å². The van der Waals surface area contributed by atoms with Gasteiger partial charge in [0.25, 0.3) is 10.0 Å². The Morgan fingerprint density at radius 3 is 2.66 bits per heavy atom. The summed E-state index contributed by atoms with van der Waals surface area (Å²) in [6.07, 6.45) is 2.62. The van der Waals surface area contributed by atoms with Crippen LogP contribution in [0.1, 0.15) is 32.9 Å². The van der Waals surface area contributed by atoms with Gasteiger partial charge in [0.2, 0.25) is 5.91 Å². The average molecular weight is 538 g/mol. The lowest BCUT2D eigenvalue weighted by molar-refractivity contribution is -0.126. The Morgan fingerprint density at radius 2 is 1.95 bits per heavy atom. The summed E-state index contributed by atoms with van der Waals surface area (Å²) in [5.74, 6) is -0.955. The highest BCUT2D eigenvalue weighted by Gasteiger charge is 2.19. The summed E-state index contributed by atoms with van der Waals surface area (Å²) in [7, 11) is -2.70. The van der Waals surface area contributed by atoms with Crippen LogP contribution in [-0.4, -0.2) is 44.0 Å². The lowest BCUT2D eigenvalue weighted by Gasteiger charge is -2.11. The maximum absolute atomic E-state index is 13.0. The molecular formula is C25H23N5O7S. The van der Waals surface area contributed by atoms with E-state index in [0.29, 0.717) is 27.7 Å². The van der Waals surface area contributed by atoms with Crippen LogP contribution in [0.25, 0.3) is 10.9 Å². The van der Waals surface area contributed by atoms with Gasteiger partial charge in [0.15, 0.2) is 17.8 Å². The predicted octanol–water partition coefficient (Wildman–Crippen LogP) is 2.76. The van der Waals surface area contributed by atoms with Crippen molar-refractivity contribution < 1.29 is 31.9 Å². The summed E-state index contributed by atoms with van der Waals surface area (Å²) in [6.45, 7) is 1.54. The number of ether oxygens (including phenoxy) is 2. The number of aryl methyl sites for hydroxylation is 1. The first-order valence-corrected chi connectivity index (χ1v) is 12.7. The van der Waals surface area contributed by atoms with Crippen LogP contribution in [0.3, 0.4) is 0 Å². The number of nitrogens with zero attached hydrogens (tertiary/aromatic N) is 2. The van der Waals surface area contributed by atoms with Crippen LogP contribution in [0.4, 0.5) is 5.69 Å². The molecule has 1 amide bonds. The first-order chi connectivity index (χ1) is 18.2. The molecule has 2 heterocycles. The number of esters is 1. The zero-order valence-electron chi connectivity index (χ0n) is 20.4. The fourth-order valence-corrected chi connectivity index (χ4v) is 4.78. The molecule has 0 fully saturated rings. The minimum Gasteiger partial charge on any atom is -0.464 e. The number of nitriles is 1. The van der Waals surface area contributed by atoms with E-state index in [1.165, 1.54) is 25.4 Å². The fourth-order valence-electron chi connectivity index (χ4n) is 3.71. The summed E-state index contributed by atoms with van der Waals surface area (Å²) in [4.78, 5) is 30.4. The number of aromatic amines is 1. The molecule has 0 saturated carbocycles. The van der Waals surface area contributed by atoms with E-state index in [4.69, 9.17) is 9.15 Å². The van der Waals surface area contributed by atoms with E-state index < -0.39 is 21.9 Å². The number of H-pyrrole nitrogens is 1. The molecule has 2 aromatic carbocycles. The summed E-state index contributed by atoms with van der Waals surface area (Å²) >= 11 is 0. The van der Waals surface area contributed by atoms with Crippen molar-refractivity contribution in [3.63, 3.8) is 0 Å². The molecule has 0 bridgehead atoms. The molecule has 2 aromatic heterocycles. The van der Waals surface area contributed by atoms with Crippen molar-refractivity contribution in [3.8, 4) is 6.07 Å². The molecule has 196 valence electrons. The molecule has 0 spiro atoms. The first kappa shape index (κ1) is 26.4. The quantitative estimate of drug-likeness (QED) is 0.257. The molecule has 0 aliphatic rings. The monoisotopic (exact) mass is 537 g/mol. The molecule has 0 aliphatic carbocycles. The number of anilines is 1. The summed E-state index contributed by atoms with van der Waals surface area (Å²) in [5.41, 5.74) is 2.77. The number of rotatable bonds is 10. The second-order valence-corrected chi connectivity index (χ2v) is 9.81. The molecule has 3 N–H and O–H groups in total. The molecule has 0 saturated heterocycles. The number of nitrogens with one attached hydrogen (secondary N) is 3. The Kier molecular flexibility index (Phi) is 7.75. The van der Waals surface area contributed by atoms with Crippen LogP contribution in [-0.2, 0) is 37.4 Å². The van der Waals surface area contributed by atoms with Crippen LogP contribution in [0.5, 0.6) is 0 Å². The molecule has 0 aliphatic heterocycles. The highest BCUT2D eigenvalue weighted by molar-refractivity contribution is 7.92. The normalized spacial score (nSPS) is 11.2. The fraction of sp³-hybridized carbons (Fsp3) is 0.200. The largest absolute Gasteiger partial charge is 0.464 e. The van der Waals surface area contributed by atoms with E-state index in [9.17, 15) is 23.3 Å². The van der Waals surface area contributed by atoms with Gasteiger partial charge in [-0.3, -0.25) is 9.52 Å². The number of benzene rings is 2. The van der Waals surface area contributed by atoms with Crippen molar-refractivity contribution in [2.75, 3.05) is 18.4 Å². The lowest BCUT2D eigenvalue weighted by atomic mass is 10.1. The molecule has 4 aromatic rings. The minimum absolute atomic E-state index is 0.0240. The van der Waals surface area contributed by atoms with Crippen molar-refractivity contribution in [2.45, 2.75) is 25.0 Å². The Balaban J connectivity index is 1.32. The minimum atomic E-state index is -3.92. The van der Waals surface area contributed by atoms with Gasteiger partial charge >= 0.3 is 5.97 Å². The van der Waals surface area contributed by atoms with E-state index in [1.807, 2.05) is 6.92 Å². The number of methoxy groups -OCH3 is 1. The molecule has 0 atom stereocenters. The van der Waals surface area contributed by atoms with E-state index in [1.54, 1.807) is 24.3 Å². The number of carbonyl (C=O) groups excluding carboxylic acids is 2. The Hall–Kier alpha value is -4.67. The summed E-state index contributed by atoms with van der Waals surface area (Å²) < 4.78 is 43.4. The van der Waals surface area contributed by atoms with Crippen LogP contribution >= 0.6 is 0 Å². The van der Waals surface area contributed by atoms with Crippen molar-refractivity contribution in [1.82, 2.24) is 15.3 Å². The topological polar surface area (TPSA) is 176 Å². The number of amides is 1. The third-order valence-electron chi connectivity index (χ3n) is 5.62. The van der Waals surface area contributed by atoms with E-state index in [-0.39, 0.29) is 36.1 Å². The van der Waals surface area contributed by atoms with Gasteiger partial charge in [0, 0.05) is 18.1 Å². The van der Waals surface area contributed by atoms with Gasteiger partial charge in [-0.25, -0.2) is 18.2 Å². The van der Waals surface area contributed by atoms with Crippen LogP contribution in [0.2, 0.25) is 0 Å². The third-order valence-corrected chi connectivity index (χ3v) is 7.00. The van der Waals surface area contributed by atoms with Crippen molar-refractivity contribution >= 4 is 38.5 Å². The number of hydrogen-bond acceptors (Lipinski definition) is 9. The molecular weight excluding hydrogens is 514 g/mol. The number of sulfonamides is 1. The van der Waals surface area contributed by atoms with E-state index in [2.05, 4.69) is 30.8 Å². The third kappa shape index (κ3) is 5.66. The Labute approximate surface area is 217 Å². The van der Waals surface area contributed by atoms with Crippen molar-refractivity contribution in [1.29, 1.82) is 5.26 Å². The number of fused-ring (bicyclic) bond motifs is 1. The number of oxazole rings is 1. The van der Waals surface area contributed by atoms with Gasteiger partial charge in [-0.05, 0) is 36.2 Å².